The number of hydrogen-bond donors (Lipinski definition) is 2. The number of piperidine rings is 1. The number of carbonyl (C=O) groups excluding carboxylic acids is 1. The molecule has 3 atom stereocenters. The van der Waals surface area contributed by atoms with Gasteiger partial charge in [0, 0.05) is 35.9 Å². The number of fused-ring (bicyclic) bond motifs is 2. The minimum absolute atomic E-state index is 0.00560. The monoisotopic (exact) mass is 414 g/mol. The summed E-state index contributed by atoms with van der Waals surface area (Å²) < 4.78 is 2.08. The lowest BCUT2D eigenvalue weighted by molar-refractivity contribution is -0.125. The topological polar surface area (TPSA) is 86.9 Å². The van der Waals surface area contributed by atoms with Crippen LogP contribution in [-0.4, -0.2) is 50.2 Å². The Balaban J connectivity index is 1.30. The van der Waals surface area contributed by atoms with Gasteiger partial charge in [-0.2, -0.15) is 0 Å². The van der Waals surface area contributed by atoms with Gasteiger partial charge in [0.15, 0.2) is 0 Å². The number of rotatable bonds is 6. The third-order valence-electron chi connectivity index (χ3n) is 6.47. The third-order valence-corrected chi connectivity index (χ3v) is 7.76. The fourth-order valence-corrected chi connectivity index (χ4v) is 5.81. The van der Waals surface area contributed by atoms with Crippen molar-refractivity contribution in [3.05, 3.63) is 30.4 Å². The molecule has 0 bridgehead atoms. The first kappa shape index (κ1) is 18.8. The molecule has 3 fully saturated rings. The summed E-state index contributed by atoms with van der Waals surface area (Å²) in [6, 6.07) is 4.18. The van der Waals surface area contributed by atoms with Crippen LogP contribution in [0.5, 0.6) is 0 Å². The summed E-state index contributed by atoms with van der Waals surface area (Å²) in [6.45, 7) is 4.88. The number of pyridine rings is 1. The van der Waals surface area contributed by atoms with Crippen LogP contribution in [0.25, 0.3) is 5.52 Å². The Bertz CT molecular complexity index is 971. The van der Waals surface area contributed by atoms with E-state index in [1.165, 1.54) is 22.6 Å². The summed E-state index contributed by atoms with van der Waals surface area (Å²) in [6.07, 6.45) is 5.69. The third kappa shape index (κ3) is 3.37. The molecule has 2 N–H and O–H groups in total. The van der Waals surface area contributed by atoms with Gasteiger partial charge >= 0.3 is 6.09 Å². The second-order valence-electron chi connectivity index (χ2n) is 9.12. The van der Waals surface area contributed by atoms with Crippen molar-refractivity contribution in [1.82, 2.24) is 19.6 Å². The van der Waals surface area contributed by atoms with Crippen molar-refractivity contribution >= 4 is 29.3 Å². The zero-order valence-electron chi connectivity index (χ0n) is 16.7. The van der Waals surface area contributed by atoms with Crippen molar-refractivity contribution in [2.45, 2.75) is 37.1 Å². The molecule has 0 aromatic carbocycles. The molecule has 2 aromatic heterocycles. The van der Waals surface area contributed by atoms with Crippen LogP contribution in [0.2, 0.25) is 0 Å². The summed E-state index contributed by atoms with van der Waals surface area (Å²) in [5.41, 5.74) is 0.461. The van der Waals surface area contributed by atoms with E-state index in [1.54, 1.807) is 0 Å². The van der Waals surface area contributed by atoms with Crippen molar-refractivity contribution in [2.24, 2.45) is 23.7 Å². The first-order chi connectivity index (χ1) is 13.8. The maximum Gasteiger partial charge on any atom is 0.407 e. The number of likely N-dealkylation sites (tertiary alicyclic amines) is 1. The molecule has 2 amide bonds. The van der Waals surface area contributed by atoms with Crippen LogP contribution in [0.3, 0.4) is 0 Å². The van der Waals surface area contributed by atoms with E-state index in [9.17, 15) is 9.59 Å². The fraction of sp³-hybridized carbons (Fsp3) is 0.571. The van der Waals surface area contributed by atoms with Gasteiger partial charge in [0.05, 0.1) is 17.3 Å². The van der Waals surface area contributed by atoms with E-state index in [0.29, 0.717) is 13.1 Å². The number of nitrogens with zero attached hydrogens (tertiary/aromatic N) is 3. The number of hydrogen-bond acceptors (Lipinski definition) is 4. The van der Waals surface area contributed by atoms with Crippen LogP contribution in [0, 0.1) is 23.7 Å². The Morgan fingerprint density at radius 3 is 2.69 bits per heavy atom. The highest BCUT2D eigenvalue weighted by Gasteiger charge is 2.60. The van der Waals surface area contributed by atoms with Crippen molar-refractivity contribution in [3.63, 3.8) is 0 Å². The molecule has 0 spiro atoms. The number of imidazole rings is 1. The summed E-state index contributed by atoms with van der Waals surface area (Å²) in [4.78, 5) is 31.3. The molecule has 2 saturated carbocycles. The maximum atomic E-state index is 12.9. The van der Waals surface area contributed by atoms with E-state index in [4.69, 9.17) is 5.11 Å². The van der Waals surface area contributed by atoms with Crippen molar-refractivity contribution in [2.75, 3.05) is 18.8 Å². The molecule has 5 rings (SSSR count). The summed E-state index contributed by atoms with van der Waals surface area (Å²) >= 11 is 1.89. The van der Waals surface area contributed by atoms with Gasteiger partial charge in [0.25, 0.3) is 0 Å². The van der Waals surface area contributed by atoms with E-state index in [0.717, 1.165) is 23.0 Å². The lowest BCUT2D eigenvalue weighted by Crippen LogP contribution is -2.44. The van der Waals surface area contributed by atoms with Crippen LogP contribution in [0.15, 0.2) is 29.4 Å². The highest BCUT2D eigenvalue weighted by atomic mass is 32.2. The molecule has 2 aromatic rings. The van der Waals surface area contributed by atoms with Gasteiger partial charge in [-0.1, -0.05) is 0 Å². The van der Waals surface area contributed by atoms with Crippen molar-refractivity contribution in [3.8, 4) is 0 Å². The van der Waals surface area contributed by atoms with Gasteiger partial charge in [-0.15, -0.1) is 11.8 Å². The van der Waals surface area contributed by atoms with Gasteiger partial charge in [0.1, 0.15) is 5.82 Å². The van der Waals surface area contributed by atoms with Gasteiger partial charge < -0.3 is 19.7 Å². The molecule has 3 heterocycles. The zero-order valence-corrected chi connectivity index (χ0v) is 17.5. The minimum Gasteiger partial charge on any atom is -0.465 e. The number of carboxylic acid groups (broad SMARTS) is 1. The highest BCUT2D eigenvalue weighted by Crippen LogP contribution is 2.52. The molecule has 1 aliphatic heterocycles. The SMILES string of the molecule is CC(C)(NC(=O)C1[C@H]2CN(C(=O)O)C[C@@H]12)c1ncc2c(SCC3CC3)cccn12. The van der Waals surface area contributed by atoms with Gasteiger partial charge in [-0.05, 0) is 56.6 Å². The lowest BCUT2D eigenvalue weighted by atomic mass is 10.0. The van der Waals surface area contributed by atoms with Crippen LogP contribution in [-0.2, 0) is 10.3 Å². The van der Waals surface area contributed by atoms with Crippen LogP contribution in [0.4, 0.5) is 4.79 Å². The smallest absolute Gasteiger partial charge is 0.407 e. The Morgan fingerprint density at radius 2 is 2.03 bits per heavy atom. The molecule has 1 saturated heterocycles. The van der Waals surface area contributed by atoms with Crippen LogP contribution in [0.1, 0.15) is 32.5 Å². The molecule has 154 valence electrons. The highest BCUT2D eigenvalue weighted by molar-refractivity contribution is 7.99. The van der Waals surface area contributed by atoms with E-state index in [-0.39, 0.29) is 23.7 Å². The Kier molecular flexibility index (Phi) is 4.31. The van der Waals surface area contributed by atoms with E-state index < -0.39 is 11.6 Å². The molecule has 0 radical (unpaired) electrons. The van der Waals surface area contributed by atoms with Gasteiger partial charge in [-0.25, -0.2) is 9.78 Å². The van der Waals surface area contributed by atoms with Crippen LogP contribution >= 0.6 is 11.8 Å². The fourth-order valence-electron chi connectivity index (χ4n) is 4.59. The molecule has 1 unspecified atom stereocenters. The van der Waals surface area contributed by atoms with E-state index >= 15 is 0 Å². The summed E-state index contributed by atoms with van der Waals surface area (Å²) in [5.74, 6) is 3.06. The Morgan fingerprint density at radius 1 is 1.31 bits per heavy atom. The number of aromatic nitrogens is 2. The van der Waals surface area contributed by atoms with Gasteiger partial charge in [-0.3, -0.25) is 4.79 Å². The van der Waals surface area contributed by atoms with Crippen molar-refractivity contribution in [1.29, 1.82) is 0 Å². The Hall–Kier alpha value is -2.22. The number of nitrogens with one attached hydrogen (secondary N) is 1. The van der Waals surface area contributed by atoms with Crippen LogP contribution < -0.4 is 5.32 Å². The maximum absolute atomic E-state index is 12.9. The lowest BCUT2D eigenvalue weighted by Gasteiger charge is -2.26. The Labute approximate surface area is 173 Å². The normalized spacial score (nSPS) is 25.9. The van der Waals surface area contributed by atoms with E-state index in [2.05, 4.69) is 20.8 Å². The van der Waals surface area contributed by atoms with Crippen molar-refractivity contribution < 1.29 is 14.7 Å². The second kappa shape index (κ2) is 6.65. The second-order valence-corrected chi connectivity index (χ2v) is 10.2. The first-order valence-electron chi connectivity index (χ1n) is 10.2. The molecule has 29 heavy (non-hydrogen) atoms. The molecule has 7 nitrogen and oxygen atoms in total. The summed E-state index contributed by atoms with van der Waals surface area (Å²) in [7, 11) is 0. The summed E-state index contributed by atoms with van der Waals surface area (Å²) in [5, 5.41) is 12.3. The molecular formula is C21H26N4O3S. The average molecular weight is 415 g/mol. The van der Waals surface area contributed by atoms with Gasteiger partial charge in [0.2, 0.25) is 5.91 Å². The quantitative estimate of drug-likeness (QED) is 0.710. The van der Waals surface area contributed by atoms with E-state index in [1.807, 2.05) is 44.1 Å². The minimum atomic E-state index is -0.893. The largest absolute Gasteiger partial charge is 0.465 e. The molecular weight excluding hydrogens is 388 g/mol. The predicted octanol–water partition coefficient (Wildman–Crippen LogP) is 3.04. The predicted molar refractivity (Wildman–Crippen MR) is 110 cm³/mol. The first-order valence-corrected chi connectivity index (χ1v) is 11.2. The molecule has 3 aliphatic rings. The number of carbonyl (C=O) groups is 2. The molecule has 8 heteroatoms. The molecule has 2 aliphatic carbocycles. The number of amides is 2. The standard InChI is InChI=1S/C21H26N4O3S/c1-21(2,23-18(26)17-13-9-24(20(27)28)10-14(13)17)19-22-8-15-16(4-3-7-25(15)19)29-11-12-5-6-12/h3-4,7-8,12-14,17H,5-6,9-11H2,1-2H3,(H,23,26)(H,27,28)/t13-,14+,17?. The zero-order chi connectivity index (χ0) is 20.3. The average Bonchev–Trinajstić information content (AvgIpc) is 3.52. The number of thioether (sulfide) groups is 1.